The molecule has 0 aliphatic carbocycles. The molecule has 0 atom stereocenters. The van der Waals surface area contributed by atoms with Gasteiger partial charge in [-0.1, -0.05) is 173 Å². The maximum atomic E-state index is 6.45. The highest BCUT2D eigenvalue weighted by molar-refractivity contribution is 6.11. The van der Waals surface area contributed by atoms with Crippen molar-refractivity contribution in [3.05, 3.63) is 241 Å². The molecular formula is C66H48N2O2. The Hall–Kier alpha value is -8.60. The molecule has 0 saturated heterocycles. The number of hydrogen-bond acceptors (Lipinski definition) is 4. The van der Waals surface area contributed by atoms with Crippen LogP contribution in [0.5, 0.6) is 0 Å². The molecule has 0 amide bonds. The van der Waals surface area contributed by atoms with Gasteiger partial charge in [0.15, 0.2) is 0 Å². The Bertz CT molecular complexity index is 3810. The topological polar surface area (TPSA) is 32.8 Å². The summed E-state index contributed by atoms with van der Waals surface area (Å²) in [6.07, 6.45) is 0. The fourth-order valence-electron chi connectivity index (χ4n) is 11.9. The van der Waals surface area contributed by atoms with Gasteiger partial charge >= 0.3 is 0 Å². The highest BCUT2D eigenvalue weighted by Crippen LogP contribution is 2.55. The lowest BCUT2D eigenvalue weighted by molar-refractivity contribution is 0.631. The Morgan fingerprint density at radius 1 is 0.300 bits per heavy atom. The van der Waals surface area contributed by atoms with Crippen LogP contribution in [0.3, 0.4) is 0 Å². The van der Waals surface area contributed by atoms with Crippen LogP contribution in [-0.2, 0) is 10.8 Å². The van der Waals surface area contributed by atoms with Crippen LogP contribution in [-0.4, -0.2) is 0 Å². The second kappa shape index (κ2) is 14.9. The first-order valence-corrected chi connectivity index (χ1v) is 24.3. The van der Waals surface area contributed by atoms with Crippen molar-refractivity contribution in [2.45, 2.75) is 38.5 Å². The van der Waals surface area contributed by atoms with Gasteiger partial charge in [-0.2, -0.15) is 0 Å². The van der Waals surface area contributed by atoms with Gasteiger partial charge < -0.3 is 18.6 Å². The van der Waals surface area contributed by atoms with E-state index < -0.39 is 0 Å². The summed E-state index contributed by atoms with van der Waals surface area (Å²) in [4.78, 5) is 4.89. The first kappa shape index (κ1) is 40.5. The summed E-state index contributed by atoms with van der Waals surface area (Å²) in [5.74, 6) is 0. The van der Waals surface area contributed by atoms with Crippen LogP contribution in [0.15, 0.2) is 227 Å². The monoisotopic (exact) mass is 900 g/mol. The van der Waals surface area contributed by atoms with E-state index in [1.165, 1.54) is 56.1 Å². The number of nitrogens with zero attached hydrogens (tertiary/aromatic N) is 2. The minimum absolute atomic E-state index is 0.249. The fraction of sp³-hybridized carbons (Fsp3) is 0.0909. The smallest absolute Gasteiger partial charge is 0.143 e. The third-order valence-electron chi connectivity index (χ3n) is 15.5. The second-order valence-corrected chi connectivity index (χ2v) is 20.1. The average Bonchev–Trinajstić information content (AvgIpc) is 3.98. The minimum atomic E-state index is -0.249. The molecule has 2 aliphatic heterocycles. The summed E-state index contributed by atoms with van der Waals surface area (Å²) in [6.45, 7) is 9.48. The lowest BCUT2D eigenvalue weighted by Gasteiger charge is -2.43. The Balaban J connectivity index is 0.844. The SMILES string of the molecule is CC1(C)c2ccccc2N(c2ccc(-c3cccc4c3oc3ccccc34)cc2)c2ccc(-c3ccc4c(c3)C(C)(C)c3ccccc3N4c3ccc(-c4cccc5c4oc4ccccc45)cc3)cc21. The first-order chi connectivity index (χ1) is 34.2. The lowest BCUT2D eigenvalue weighted by atomic mass is 9.71. The highest BCUT2D eigenvalue weighted by atomic mass is 16.3. The van der Waals surface area contributed by atoms with Crippen LogP contribution in [0.4, 0.5) is 34.1 Å². The number of fused-ring (bicyclic) bond motifs is 10. The molecule has 0 fully saturated rings. The van der Waals surface area contributed by atoms with E-state index in [4.69, 9.17) is 8.83 Å². The van der Waals surface area contributed by atoms with Crippen molar-refractivity contribution in [2.24, 2.45) is 0 Å². The Labute approximate surface area is 407 Å². The summed E-state index contributed by atoms with van der Waals surface area (Å²) in [5, 5.41) is 4.56. The van der Waals surface area contributed by atoms with E-state index in [0.717, 1.165) is 77.5 Å². The summed E-state index contributed by atoms with van der Waals surface area (Å²) in [6, 6.07) is 79.5. The van der Waals surface area contributed by atoms with E-state index in [0.29, 0.717) is 0 Å². The molecular weight excluding hydrogens is 853 g/mol. The molecule has 0 unspecified atom stereocenters. The molecule has 14 rings (SSSR count). The number of benzene rings is 10. The summed E-state index contributed by atoms with van der Waals surface area (Å²) in [5.41, 5.74) is 22.2. The zero-order valence-corrected chi connectivity index (χ0v) is 39.5. The lowest BCUT2D eigenvalue weighted by Crippen LogP contribution is -2.31. The first-order valence-electron chi connectivity index (χ1n) is 24.3. The van der Waals surface area contributed by atoms with E-state index >= 15 is 0 Å². The summed E-state index contributed by atoms with van der Waals surface area (Å²) >= 11 is 0. The molecule has 334 valence electrons. The Morgan fingerprint density at radius 3 is 1.10 bits per heavy atom. The van der Waals surface area contributed by atoms with Crippen LogP contribution in [0.1, 0.15) is 49.9 Å². The summed E-state index contributed by atoms with van der Waals surface area (Å²) in [7, 11) is 0. The van der Waals surface area contributed by atoms with Crippen molar-refractivity contribution in [3.8, 4) is 33.4 Å². The van der Waals surface area contributed by atoms with Gasteiger partial charge in [0.2, 0.25) is 0 Å². The molecule has 0 radical (unpaired) electrons. The number of furan rings is 2. The fourth-order valence-corrected chi connectivity index (χ4v) is 11.9. The maximum Gasteiger partial charge on any atom is 0.143 e. The number of rotatable bonds is 5. The van der Waals surface area contributed by atoms with Crippen molar-refractivity contribution >= 4 is 78.0 Å². The van der Waals surface area contributed by atoms with Gasteiger partial charge in [-0.05, 0) is 117 Å². The standard InChI is InChI=1S/C66H48N2O2/c1-65(2)53-21-7-9-23-57(53)67(45-33-27-41(28-34-45)47-17-13-19-51-49-15-5-11-25-61(49)69-63(47)51)59-37-31-43(39-55(59)65)44-32-38-60-56(40-44)66(3,4)54-22-8-10-24-58(54)68(60)46-35-29-42(30-36-46)48-18-14-20-52-50-16-6-12-26-62(50)70-64(48)52/h5-40H,1-4H3. The molecule has 0 bridgehead atoms. The number of para-hydroxylation sites is 6. The molecule has 4 nitrogen and oxygen atoms in total. The molecule has 0 spiro atoms. The van der Waals surface area contributed by atoms with Gasteiger partial charge in [-0.3, -0.25) is 0 Å². The second-order valence-electron chi connectivity index (χ2n) is 20.1. The van der Waals surface area contributed by atoms with Gasteiger partial charge in [0, 0.05) is 54.9 Å². The predicted molar refractivity (Wildman–Crippen MR) is 291 cm³/mol. The van der Waals surface area contributed by atoms with Crippen LogP contribution in [0.25, 0.3) is 77.3 Å². The van der Waals surface area contributed by atoms with Gasteiger partial charge in [-0.25, -0.2) is 0 Å². The van der Waals surface area contributed by atoms with Crippen LogP contribution >= 0.6 is 0 Å². The van der Waals surface area contributed by atoms with Crippen molar-refractivity contribution in [1.29, 1.82) is 0 Å². The molecule has 10 aromatic carbocycles. The highest BCUT2D eigenvalue weighted by Gasteiger charge is 2.39. The van der Waals surface area contributed by atoms with Crippen molar-refractivity contribution in [2.75, 3.05) is 9.80 Å². The van der Waals surface area contributed by atoms with Crippen molar-refractivity contribution in [1.82, 2.24) is 0 Å². The Kier molecular flexibility index (Phi) is 8.64. The van der Waals surface area contributed by atoms with Gasteiger partial charge in [0.05, 0.1) is 22.7 Å². The molecule has 4 heterocycles. The van der Waals surface area contributed by atoms with E-state index in [2.05, 4.69) is 232 Å². The van der Waals surface area contributed by atoms with Crippen LogP contribution < -0.4 is 9.80 Å². The molecule has 4 heteroatoms. The van der Waals surface area contributed by atoms with Gasteiger partial charge in [0.1, 0.15) is 22.3 Å². The van der Waals surface area contributed by atoms with E-state index in [-0.39, 0.29) is 10.8 Å². The van der Waals surface area contributed by atoms with E-state index in [9.17, 15) is 0 Å². The molecule has 0 N–H and O–H groups in total. The normalized spacial score (nSPS) is 14.5. The number of hydrogen-bond donors (Lipinski definition) is 0. The number of anilines is 6. The van der Waals surface area contributed by atoms with Crippen molar-refractivity contribution in [3.63, 3.8) is 0 Å². The van der Waals surface area contributed by atoms with Crippen LogP contribution in [0.2, 0.25) is 0 Å². The molecule has 12 aromatic rings. The van der Waals surface area contributed by atoms with E-state index in [1.54, 1.807) is 0 Å². The minimum Gasteiger partial charge on any atom is -0.455 e. The average molecular weight is 901 g/mol. The summed E-state index contributed by atoms with van der Waals surface area (Å²) < 4.78 is 12.9. The third-order valence-corrected chi connectivity index (χ3v) is 15.5. The molecule has 70 heavy (non-hydrogen) atoms. The quantitative estimate of drug-likeness (QED) is 0.172. The molecule has 2 aliphatic rings. The van der Waals surface area contributed by atoms with Crippen molar-refractivity contribution < 1.29 is 8.83 Å². The maximum absolute atomic E-state index is 6.45. The predicted octanol–water partition coefficient (Wildman–Crippen LogP) is 18.7. The Morgan fingerprint density at radius 2 is 0.657 bits per heavy atom. The van der Waals surface area contributed by atoms with Gasteiger partial charge in [0.25, 0.3) is 0 Å². The van der Waals surface area contributed by atoms with Crippen LogP contribution in [0, 0.1) is 0 Å². The van der Waals surface area contributed by atoms with Gasteiger partial charge in [-0.15, -0.1) is 0 Å². The zero-order valence-electron chi connectivity index (χ0n) is 39.5. The zero-order chi connectivity index (χ0) is 46.9. The molecule has 2 aromatic heterocycles. The van der Waals surface area contributed by atoms with E-state index in [1.807, 2.05) is 24.3 Å². The molecule has 0 saturated carbocycles. The largest absolute Gasteiger partial charge is 0.455 e. The third kappa shape index (κ3) is 5.89.